The van der Waals surface area contributed by atoms with Crippen molar-refractivity contribution in [2.45, 2.75) is 18.9 Å². The molecule has 1 heterocycles. The summed E-state index contributed by atoms with van der Waals surface area (Å²) in [5, 5.41) is 8.64. The van der Waals surface area contributed by atoms with Gasteiger partial charge >= 0.3 is 5.97 Å². The van der Waals surface area contributed by atoms with E-state index >= 15 is 0 Å². The lowest BCUT2D eigenvalue weighted by atomic mass is 10.1. The summed E-state index contributed by atoms with van der Waals surface area (Å²) in [7, 11) is 1.62. The summed E-state index contributed by atoms with van der Waals surface area (Å²) >= 11 is 0. The van der Waals surface area contributed by atoms with Gasteiger partial charge in [-0.2, -0.15) is 0 Å². The number of benzene rings is 1. The van der Waals surface area contributed by atoms with E-state index in [-0.39, 0.29) is 12.5 Å². The number of aliphatic carboxylic acids is 1. The quantitative estimate of drug-likeness (QED) is 0.858. The van der Waals surface area contributed by atoms with Gasteiger partial charge in [-0.05, 0) is 17.7 Å². The van der Waals surface area contributed by atoms with Crippen LogP contribution in [-0.2, 0) is 16.0 Å². The van der Waals surface area contributed by atoms with E-state index in [1.54, 1.807) is 7.11 Å². The number of methoxy groups -OCH3 is 1. The number of hydrogen-bond acceptors (Lipinski definition) is 4. The molecule has 0 saturated carbocycles. The van der Waals surface area contributed by atoms with Gasteiger partial charge in [0, 0.05) is 6.42 Å². The van der Waals surface area contributed by atoms with Crippen LogP contribution >= 0.6 is 0 Å². The molecule has 1 atom stereocenters. The van der Waals surface area contributed by atoms with E-state index in [9.17, 15) is 4.79 Å². The van der Waals surface area contributed by atoms with Crippen LogP contribution in [0.2, 0.25) is 0 Å². The Labute approximate surface area is 105 Å². The van der Waals surface area contributed by atoms with Gasteiger partial charge in [-0.3, -0.25) is 9.79 Å². The Morgan fingerprint density at radius 2 is 2.44 bits per heavy atom. The fourth-order valence-electron chi connectivity index (χ4n) is 1.87. The SMILES string of the molecule is COc1cccc(CC2CN=C(CC(=O)O)O2)c1. The second kappa shape index (κ2) is 5.53. The molecule has 96 valence electrons. The molecule has 0 aromatic heterocycles. The van der Waals surface area contributed by atoms with Crippen LogP contribution in [-0.4, -0.2) is 36.7 Å². The first-order valence-electron chi connectivity index (χ1n) is 5.72. The second-order valence-electron chi connectivity index (χ2n) is 4.10. The van der Waals surface area contributed by atoms with Crippen LogP contribution in [0, 0.1) is 0 Å². The van der Waals surface area contributed by atoms with Crippen molar-refractivity contribution in [2.24, 2.45) is 4.99 Å². The highest BCUT2D eigenvalue weighted by atomic mass is 16.5. The van der Waals surface area contributed by atoms with Crippen molar-refractivity contribution in [1.29, 1.82) is 0 Å². The standard InChI is InChI=1S/C13H15NO4/c1-17-10-4-2-3-9(5-10)6-11-8-14-12(18-11)7-13(15)16/h2-5,11H,6-8H2,1H3,(H,15,16). The summed E-state index contributed by atoms with van der Waals surface area (Å²) in [4.78, 5) is 14.6. The van der Waals surface area contributed by atoms with Crippen molar-refractivity contribution in [3.63, 3.8) is 0 Å². The van der Waals surface area contributed by atoms with E-state index in [0.29, 0.717) is 18.9 Å². The Bertz CT molecular complexity index is 470. The second-order valence-corrected chi connectivity index (χ2v) is 4.10. The molecule has 1 N–H and O–H groups in total. The average molecular weight is 249 g/mol. The maximum Gasteiger partial charge on any atom is 0.312 e. The van der Waals surface area contributed by atoms with E-state index in [4.69, 9.17) is 14.6 Å². The largest absolute Gasteiger partial charge is 0.497 e. The Balaban J connectivity index is 1.90. The van der Waals surface area contributed by atoms with Gasteiger partial charge in [0.15, 0.2) is 5.90 Å². The van der Waals surface area contributed by atoms with E-state index in [2.05, 4.69) is 4.99 Å². The number of carboxylic acids is 1. The van der Waals surface area contributed by atoms with Crippen LogP contribution in [0.4, 0.5) is 0 Å². The Kier molecular flexibility index (Phi) is 3.82. The third-order valence-corrected chi connectivity index (χ3v) is 2.67. The molecule has 18 heavy (non-hydrogen) atoms. The highest BCUT2D eigenvalue weighted by molar-refractivity contribution is 5.94. The van der Waals surface area contributed by atoms with Gasteiger partial charge in [-0.1, -0.05) is 12.1 Å². The summed E-state index contributed by atoms with van der Waals surface area (Å²) in [6, 6.07) is 7.73. The molecule has 1 aromatic carbocycles. The van der Waals surface area contributed by atoms with Crippen molar-refractivity contribution < 1.29 is 19.4 Å². The Morgan fingerprint density at radius 3 is 3.17 bits per heavy atom. The summed E-state index contributed by atoms with van der Waals surface area (Å²) in [6.07, 6.45) is 0.477. The lowest BCUT2D eigenvalue weighted by Crippen LogP contribution is -2.17. The number of hydrogen-bond donors (Lipinski definition) is 1. The zero-order valence-corrected chi connectivity index (χ0v) is 10.1. The van der Waals surface area contributed by atoms with Crippen LogP contribution in [0.1, 0.15) is 12.0 Å². The molecule has 0 bridgehead atoms. The minimum absolute atomic E-state index is 0.0774. The van der Waals surface area contributed by atoms with Gasteiger partial charge in [0.2, 0.25) is 0 Å². The van der Waals surface area contributed by atoms with Crippen molar-refractivity contribution in [1.82, 2.24) is 0 Å². The van der Waals surface area contributed by atoms with Crippen molar-refractivity contribution >= 4 is 11.9 Å². The highest BCUT2D eigenvalue weighted by Crippen LogP contribution is 2.17. The Hall–Kier alpha value is -2.04. The molecule has 2 rings (SSSR count). The first kappa shape index (κ1) is 12.4. The normalized spacial score (nSPS) is 18.1. The third kappa shape index (κ3) is 3.23. The van der Waals surface area contributed by atoms with E-state index in [1.165, 1.54) is 0 Å². The molecule has 1 unspecified atom stereocenters. The third-order valence-electron chi connectivity index (χ3n) is 2.67. The molecule has 0 radical (unpaired) electrons. The lowest BCUT2D eigenvalue weighted by Gasteiger charge is -2.11. The monoisotopic (exact) mass is 249 g/mol. The van der Waals surface area contributed by atoms with Gasteiger partial charge in [0.05, 0.1) is 13.7 Å². The van der Waals surface area contributed by atoms with E-state index in [0.717, 1.165) is 11.3 Å². The van der Waals surface area contributed by atoms with E-state index in [1.807, 2.05) is 24.3 Å². The molecule has 1 aromatic rings. The maximum absolute atomic E-state index is 10.5. The number of nitrogens with zero attached hydrogens (tertiary/aromatic N) is 1. The number of ether oxygens (including phenoxy) is 2. The molecule has 0 saturated heterocycles. The predicted octanol–water partition coefficient (Wildman–Crippen LogP) is 1.51. The van der Waals surface area contributed by atoms with Gasteiger partial charge in [-0.15, -0.1) is 0 Å². The predicted molar refractivity (Wildman–Crippen MR) is 66.1 cm³/mol. The smallest absolute Gasteiger partial charge is 0.312 e. The van der Waals surface area contributed by atoms with Gasteiger partial charge in [0.25, 0.3) is 0 Å². The minimum Gasteiger partial charge on any atom is -0.497 e. The fraction of sp³-hybridized carbons (Fsp3) is 0.385. The number of carboxylic acid groups (broad SMARTS) is 1. The molecule has 0 amide bonds. The summed E-state index contributed by atoms with van der Waals surface area (Å²) in [5.41, 5.74) is 1.09. The van der Waals surface area contributed by atoms with Crippen LogP contribution in [0.5, 0.6) is 5.75 Å². The zero-order valence-electron chi connectivity index (χ0n) is 10.1. The summed E-state index contributed by atoms with van der Waals surface area (Å²) in [5.74, 6) is 0.198. The highest BCUT2D eigenvalue weighted by Gasteiger charge is 2.21. The molecule has 5 heteroatoms. The lowest BCUT2D eigenvalue weighted by molar-refractivity contribution is -0.135. The fourth-order valence-corrected chi connectivity index (χ4v) is 1.87. The van der Waals surface area contributed by atoms with Crippen LogP contribution in [0.25, 0.3) is 0 Å². The van der Waals surface area contributed by atoms with Crippen molar-refractivity contribution in [2.75, 3.05) is 13.7 Å². The molecule has 1 aliphatic rings. The van der Waals surface area contributed by atoms with Crippen LogP contribution < -0.4 is 4.74 Å². The molecule has 5 nitrogen and oxygen atoms in total. The van der Waals surface area contributed by atoms with Gasteiger partial charge in [-0.25, -0.2) is 0 Å². The van der Waals surface area contributed by atoms with Crippen LogP contribution in [0.3, 0.4) is 0 Å². The molecule has 0 spiro atoms. The molecule has 0 fully saturated rings. The molecular formula is C13H15NO4. The molecule has 1 aliphatic heterocycles. The summed E-state index contributed by atoms with van der Waals surface area (Å²) in [6.45, 7) is 0.514. The molecular weight excluding hydrogens is 234 g/mol. The number of rotatable bonds is 5. The van der Waals surface area contributed by atoms with E-state index < -0.39 is 5.97 Å². The first-order valence-corrected chi connectivity index (χ1v) is 5.72. The molecule has 0 aliphatic carbocycles. The topological polar surface area (TPSA) is 68.1 Å². The minimum atomic E-state index is -0.921. The van der Waals surface area contributed by atoms with Crippen LogP contribution in [0.15, 0.2) is 29.3 Å². The van der Waals surface area contributed by atoms with Crippen molar-refractivity contribution in [3.8, 4) is 5.75 Å². The van der Waals surface area contributed by atoms with Crippen molar-refractivity contribution in [3.05, 3.63) is 29.8 Å². The maximum atomic E-state index is 10.5. The first-order chi connectivity index (χ1) is 8.67. The number of aliphatic imine (C=N–C) groups is 1. The Morgan fingerprint density at radius 1 is 1.61 bits per heavy atom. The van der Waals surface area contributed by atoms with Gasteiger partial charge < -0.3 is 14.6 Å². The number of carbonyl (C=O) groups is 1. The summed E-state index contributed by atoms with van der Waals surface area (Å²) < 4.78 is 10.6. The zero-order chi connectivity index (χ0) is 13.0. The van der Waals surface area contributed by atoms with Gasteiger partial charge in [0.1, 0.15) is 18.3 Å². The average Bonchev–Trinajstić information content (AvgIpc) is 2.76.